The van der Waals surface area contributed by atoms with Gasteiger partial charge in [0.25, 0.3) is 5.95 Å². The van der Waals surface area contributed by atoms with E-state index >= 15 is 0 Å². The Bertz CT molecular complexity index is 965. The number of Topliss-reactive ketones (excluding diaryl/α,β-unsaturated/α-hetero) is 1. The molecule has 0 atom stereocenters. The first kappa shape index (κ1) is 19.2. The van der Waals surface area contributed by atoms with Crippen LogP contribution in [0, 0.1) is 12.7 Å². The molecule has 0 N–H and O–H groups in total. The first-order valence-corrected chi connectivity index (χ1v) is 9.70. The summed E-state index contributed by atoms with van der Waals surface area (Å²) >= 11 is 0. The van der Waals surface area contributed by atoms with Crippen molar-refractivity contribution in [1.82, 2.24) is 24.6 Å². The summed E-state index contributed by atoms with van der Waals surface area (Å²) in [4.78, 5) is 25.6. The second-order valence-electron chi connectivity index (χ2n) is 7.08. The molecule has 1 aliphatic rings. The summed E-state index contributed by atoms with van der Waals surface area (Å²) in [7, 11) is 0. The first-order chi connectivity index (χ1) is 14.1. The normalized spacial score (nSPS) is 14.9. The van der Waals surface area contributed by atoms with Gasteiger partial charge in [-0.25, -0.2) is 19.0 Å². The van der Waals surface area contributed by atoms with Crippen molar-refractivity contribution in [1.29, 1.82) is 0 Å². The molecule has 0 spiro atoms. The molecule has 1 saturated heterocycles. The molecule has 1 fully saturated rings. The number of ketones is 1. The predicted octanol–water partition coefficient (Wildman–Crippen LogP) is 2.50. The van der Waals surface area contributed by atoms with E-state index in [1.807, 2.05) is 19.1 Å². The van der Waals surface area contributed by atoms with Crippen molar-refractivity contribution in [2.75, 3.05) is 37.6 Å². The van der Waals surface area contributed by atoms with E-state index < -0.39 is 0 Å². The van der Waals surface area contributed by atoms with E-state index in [0.717, 1.165) is 37.6 Å². The van der Waals surface area contributed by atoms with Gasteiger partial charge in [0.15, 0.2) is 5.78 Å². The zero-order valence-electron chi connectivity index (χ0n) is 16.3. The molecule has 0 radical (unpaired) electrons. The van der Waals surface area contributed by atoms with Gasteiger partial charge in [0, 0.05) is 57.2 Å². The summed E-state index contributed by atoms with van der Waals surface area (Å²) in [5.74, 6) is 0.315. The Kier molecular flexibility index (Phi) is 5.62. The van der Waals surface area contributed by atoms with Crippen molar-refractivity contribution >= 4 is 11.5 Å². The van der Waals surface area contributed by atoms with Gasteiger partial charge in [-0.2, -0.15) is 5.10 Å². The number of benzene rings is 1. The minimum atomic E-state index is -0.219. The molecule has 0 amide bonds. The average Bonchev–Trinajstić information content (AvgIpc) is 3.15. The van der Waals surface area contributed by atoms with E-state index in [0.29, 0.717) is 24.5 Å². The van der Waals surface area contributed by atoms with Crippen molar-refractivity contribution in [2.24, 2.45) is 0 Å². The molecule has 1 aromatic carbocycles. The van der Waals surface area contributed by atoms with Crippen molar-refractivity contribution in [2.45, 2.75) is 13.3 Å². The molecule has 150 valence electrons. The summed E-state index contributed by atoms with van der Waals surface area (Å²) in [6.45, 7) is 6.05. The number of hydrogen-bond donors (Lipinski definition) is 0. The lowest BCUT2D eigenvalue weighted by Gasteiger charge is -2.36. The van der Waals surface area contributed by atoms with Crippen LogP contribution in [-0.2, 0) is 0 Å². The molecule has 0 bridgehead atoms. The number of halogens is 1. The number of carbonyl (C=O) groups is 1. The summed E-state index contributed by atoms with van der Waals surface area (Å²) in [6, 6.07) is 8.34. The number of carbonyl (C=O) groups excluding carboxylic acids is 1. The van der Waals surface area contributed by atoms with Gasteiger partial charge < -0.3 is 4.90 Å². The van der Waals surface area contributed by atoms with Gasteiger partial charge in [-0.05, 0) is 37.3 Å². The molecule has 0 unspecified atom stereocenters. The highest BCUT2D eigenvalue weighted by atomic mass is 19.1. The van der Waals surface area contributed by atoms with Crippen LogP contribution in [0.1, 0.15) is 22.5 Å². The third-order valence-electron chi connectivity index (χ3n) is 5.27. The lowest BCUT2D eigenvalue weighted by atomic mass is 10.1. The topological polar surface area (TPSA) is 67.2 Å². The molecule has 2 aromatic heterocycles. The van der Waals surface area contributed by atoms with E-state index in [2.05, 4.69) is 24.9 Å². The molecule has 3 heterocycles. The van der Waals surface area contributed by atoms with Crippen LogP contribution >= 0.6 is 0 Å². The summed E-state index contributed by atoms with van der Waals surface area (Å²) in [5, 5.41) is 4.28. The Labute approximate surface area is 168 Å². The van der Waals surface area contributed by atoms with Crippen LogP contribution in [0.4, 0.5) is 10.1 Å². The average molecular weight is 394 g/mol. The predicted molar refractivity (Wildman–Crippen MR) is 108 cm³/mol. The number of anilines is 1. The molecule has 1 aliphatic heterocycles. The van der Waals surface area contributed by atoms with Gasteiger partial charge in [0.05, 0.1) is 17.5 Å². The number of nitrogens with zero attached hydrogens (tertiary/aromatic N) is 6. The summed E-state index contributed by atoms with van der Waals surface area (Å²) < 4.78 is 14.7. The SMILES string of the molecule is Cc1c(C(=O)CCN2CCN(c3ccc(F)cc3)CC2)cnn1-c1ncccn1. The van der Waals surface area contributed by atoms with Crippen LogP contribution in [0.5, 0.6) is 0 Å². The Hall–Kier alpha value is -3.13. The molecular formula is C21H23FN6O. The molecule has 8 heteroatoms. The second kappa shape index (κ2) is 8.48. The highest BCUT2D eigenvalue weighted by molar-refractivity contribution is 5.97. The Balaban J connectivity index is 1.31. The van der Waals surface area contributed by atoms with Gasteiger partial charge in [0.2, 0.25) is 0 Å². The van der Waals surface area contributed by atoms with Crippen LogP contribution in [0.2, 0.25) is 0 Å². The van der Waals surface area contributed by atoms with Gasteiger partial charge in [0.1, 0.15) is 5.82 Å². The molecule has 3 aromatic rings. The van der Waals surface area contributed by atoms with Gasteiger partial charge in [-0.15, -0.1) is 0 Å². The molecular weight excluding hydrogens is 371 g/mol. The maximum Gasteiger partial charge on any atom is 0.250 e. The zero-order valence-corrected chi connectivity index (χ0v) is 16.3. The van der Waals surface area contributed by atoms with Crippen LogP contribution < -0.4 is 4.90 Å². The lowest BCUT2D eigenvalue weighted by molar-refractivity contribution is 0.0962. The third kappa shape index (κ3) is 4.32. The maximum atomic E-state index is 13.1. The van der Waals surface area contributed by atoms with E-state index in [1.54, 1.807) is 29.3 Å². The molecule has 0 aliphatic carbocycles. The number of piperazine rings is 1. The first-order valence-electron chi connectivity index (χ1n) is 9.70. The van der Waals surface area contributed by atoms with Crippen molar-refractivity contribution in [3.8, 4) is 5.95 Å². The Morgan fingerprint density at radius 1 is 1.07 bits per heavy atom. The van der Waals surface area contributed by atoms with E-state index in [1.165, 1.54) is 12.1 Å². The number of aromatic nitrogens is 4. The molecule has 4 rings (SSSR count). The van der Waals surface area contributed by atoms with E-state index in [-0.39, 0.29) is 11.6 Å². The number of hydrogen-bond acceptors (Lipinski definition) is 6. The van der Waals surface area contributed by atoms with Crippen LogP contribution in [0.3, 0.4) is 0 Å². The Morgan fingerprint density at radius 3 is 2.45 bits per heavy atom. The third-order valence-corrected chi connectivity index (χ3v) is 5.27. The second-order valence-corrected chi connectivity index (χ2v) is 7.08. The number of rotatable bonds is 6. The van der Waals surface area contributed by atoms with Crippen LogP contribution in [0.15, 0.2) is 48.9 Å². The van der Waals surface area contributed by atoms with E-state index in [9.17, 15) is 9.18 Å². The fraction of sp³-hybridized carbons (Fsp3) is 0.333. The smallest absolute Gasteiger partial charge is 0.250 e. The standard InChI is InChI=1S/C21H23FN6O/c1-16-19(15-25-28(16)21-23-8-2-9-24-21)20(29)7-10-26-11-13-27(14-12-26)18-5-3-17(22)4-6-18/h2-6,8-9,15H,7,10-14H2,1H3. The largest absolute Gasteiger partial charge is 0.369 e. The Morgan fingerprint density at radius 2 is 1.76 bits per heavy atom. The molecule has 29 heavy (non-hydrogen) atoms. The highest BCUT2D eigenvalue weighted by Crippen LogP contribution is 2.18. The van der Waals surface area contributed by atoms with Crippen molar-refractivity contribution < 1.29 is 9.18 Å². The van der Waals surface area contributed by atoms with Crippen LogP contribution in [-0.4, -0.2) is 63.2 Å². The van der Waals surface area contributed by atoms with Gasteiger partial charge in [-0.3, -0.25) is 9.69 Å². The fourth-order valence-electron chi connectivity index (χ4n) is 3.56. The summed E-state index contributed by atoms with van der Waals surface area (Å²) in [5.41, 5.74) is 2.40. The van der Waals surface area contributed by atoms with Crippen LogP contribution in [0.25, 0.3) is 5.95 Å². The molecule has 0 saturated carbocycles. The monoisotopic (exact) mass is 394 g/mol. The van der Waals surface area contributed by atoms with Crippen molar-refractivity contribution in [3.63, 3.8) is 0 Å². The maximum absolute atomic E-state index is 13.1. The van der Waals surface area contributed by atoms with Crippen molar-refractivity contribution in [3.05, 3.63) is 66.0 Å². The van der Waals surface area contributed by atoms with E-state index in [4.69, 9.17) is 0 Å². The minimum absolute atomic E-state index is 0.0747. The lowest BCUT2D eigenvalue weighted by Crippen LogP contribution is -2.46. The van der Waals surface area contributed by atoms with Gasteiger partial charge >= 0.3 is 0 Å². The highest BCUT2D eigenvalue weighted by Gasteiger charge is 2.20. The van der Waals surface area contributed by atoms with Gasteiger partial charge in [-0.1, -0.05) is 0 Å². The quantitative estimate of drug-likeness (QED) is 0.599. The molecule has 7 nitrogen and oxygen atoms in total. The minimum Gasteiger partial charge on any atom is -0.369 e. The fourth-order valence-corrected chi connectivity index (χ4v) is 3.56. The summed E-state index contributed by atoms with van der Waals surface area (Å²) in [6.07, 6.45) is 5.34. The zero-order chi connectivity index (χ0) is 20.2.